The molecule has 1 aromatic carbocycles. The summed E-state index contributed by atoms with van der Waals surface area (Å²) in [5.41, 5.74) is 3.52. The highest BCUT2D eigenvalue weighted by Crippen LogP contribution is 2.19. The monoisotopic (exact) mass is 299 g/mol. The van der Waals surface area contributed by atoms with E-state index in [0.717, 1.165) is 0 Å². The second kappa shape index (κ2) is 8.44. The molecule has 0 heterocycles. The molecule has 3 N–H and O–H groups in total. The number of hydrazone groups is 1. The molecular weight excluding hydrogens is 281 g/mol. The lowest BCUT2D eigenvalue weighted by molar-refractivity contribution is 0.204. The van der Waals surface area contributed by atoms with Gasteiger partial charge in [-0.2, -0.15) is 5.10 Å². The first-order valence-corrected chi connectivity index (χ1v) is 6.57. The van der Waals surface area contributed by atoms with Crippen molar-refractivity contribution in [2.24, 2.45) is 5.10 Å². The third kappa shape index (κ3) is 5.10. The fourth-order valence-electron chi connectivity index (χ4n) is 1.49. The summed E-state index contributed by atoms with van der Waals surface area (Å²) in [5, 5.41) is 17.1. The Morgan fingerprint density at radius 1 is 1.50 bits per heavy atom. The predicted molar refractivity (Wildman–Crippen MR) is 80.5 cm³/mol. The van der Waals surface area contributed by atoms with Gasteiger partial charge in [-0.15, -0.1) is 0 Å². The van der Waals surface area contributed by atoms with Crippen molar-refractivity contribution in [1.82, 2.24) is 10.7 Å². The largest absolute Gasteiger partial charge is 0.507 e. The van der Waals surface area contributed by atoms with Crippen molar-refractivity contribution in [3.63, 3.8) is 0 Å². The van der Waals surface area contributed by atoms with Crippen molar-refractivity contribution < 1.29 is 14.2 Å². The smallest absolute Gasteiger partial charge is 0.187 e. The van der Waals surface area contributed by atoms with Gasteiger partial charge in [0.25, 0.3) is 0 Å². The number of benzene rings is 1. The fraction of sp³-hybridized carbons (Fsp3) is 0.385. The first-order valence-electron chi connectivity index (χ1n) is 6.16. The number of aromatic hydroxyl groups is 1. The Kier molecular flexibility index (Phi) is 6.89. The van der Waals surface area contributed by atoms with Crippen LogP contribution in [0.1, 0.15) is 18.9 Å². The van der Waals surface area contributed by atoms with Gasteiger partial charge in [0.05, 0.1) is 12.3 Å². The van der Waals surface area contributed by atoms with Crippen molar-refractivity contribution in [3.8, 4) is 5.75 Å². The van der Waals surface area contributed by atoms with E-state index in [1.54, 1.807) is 7.11 Å². The second-order valence-electron chi connectivity index (χ2n) is 3.93. The Morgan fingerprint density at radius 3 is 2.90 bits per heavy atom. The highest BCUT2D eigenvalue weighted by atomic mass is 32.1. The lowest BCUT2D eigenvalue weighted by Crippen LogP contribution is -2.34. The molecule has 110 valence electrons. The van der Waals surface area contributed by atoms with E-state index in [-0.39, 0.29) is 5.75 Å². The molecule has 1 rings (SSSR count). The molecule has 0 aliphatic carbocycles. The number of nitrogens with zero attached hydrogens (tertiary/aromatic N) is 1. The number of rotatable bonds is 6. The standard InChI is InChI=1S/C13H18FN3O2S/c1-3-11(10-8-9(14)4-5-12(10)18)16-17-13(20)15-6-7-19-2/h4-5,8,18H,3,6-7H2,1-2H3,(H2,15,17,20)/b16-11+. The van der Waals surface area contributed by atoms with E-state index in [1.807, 2.05) is 6.92 Å². The minimum atomic E-state index is -0.431. The molecule has 1 aromatic rings. The van der Waals surface area contributed by atoms with E-state index >= 15 is 0 Å². The van der Waals surface area contributed by atoms with Crippen molar-refractivity contribution in [1.29, 1.82) is 0 Å². The van der Waals surface area contributed by atoms with Gasteiger partial charge in [0.1, 0.15) is 11.6 Å². The quantitative estimate of drug-likeness (QED) is 0.323. The van der Waals surface area contributed by atoms with Gasteiger partial charge >= 0.3 is 0 Å². The van der Waals surface area contributed by atoms with Crippen LogP contribution in [-0.4, -0.2) is 36.2 Å². The molecule has 7 heteroatoms. The van der Waals surface area contributed by atoms with Crippen LogP contribution < -0.4 is 10.7 Å². The number of halogens is 1. The number of thiocarbonyl (C=S) groups is 1. The van der Waals surface area contributed by atoms with E-state index in [1.165, 1.54) is 18.2 Å². The molecule has 5 nitrogen and oxygen atoms in total. The summed E-state index contributed by atoms with van der Waals surface area (Å²) in [6.45, 7) is 2.94. The van der Waals surface area contributed by atoms with E-state index in [9.17, 15) is 9.50 Å². The van der Waals surface area contributed by atoms with Gasteiger partial charge in [0.2, 0.25) is 0 Å². The van der Waals surface area contributed by atoms with Gasteiger partial charge < -0.3 is 15.2 Å². The third-order valence-electron chi connectivity index (χ3n) is 2.49. The molecule has 0 saturated carbocycles. The fourth-order valence-corrected chi connectivity index (χ4v) is 1.64. The van der Waals surface area contributed by atoms with Crippen LogP contribution in [-0.2, 0) is 4.74 Å². The Bertz CT molecular complexity index is 495. The molecule has 0 bridgehead atoms. The van der Waals surface area contributed by atoms with Gasteiger partial charge in [0.15, 0.2) is 5.11 Å². The summed E-state index contributed by atoms with van der Waals surface area (Å²) in [5.74, 6) is -0.452. The molecule has 0 aromatic heterocycles. The average molecular weight is 299 g/mol. The number of ether oxygens (including phenoxy) is 1. The lowest BCUT2D eigenvalue weighted by atomic mass is 10.1. The maximum absolute atomic E-state index is 13.2. The van der Waals surface area contributed by atoms with Crippen LogP contribution >= 0.6 is 12.2 Å². The Labute approximate surface area is 122 Å². The molecule has 0 aliphatic rings. The molecule has 0 fully saturated rings. The lowest BCUT2D eigenvalue weighted by Gasteiger charge is -2.09. The highest BCUT2D eigenvalue weighted by Gasteiger charge is 2.09. The van der Waals surface area contributed by atoms with Crippen molar-refractivity contribution in [2.75, 3.05) is 20.3 Å². The van der Waals surface area contributed by atoms with Crippen molar-refractivity contribution in [3.05, 3.63) is 29.6 Å². The van der Waals surface area contributed by atoms with Crippen molar-refractivity contribution >= 4 is 23.0 Å². The van der Waals surface area contributed by atoms with Crippen LogP contribution in [0, 0.1) is 5.82 Å². The van der Waals surface area contributed by atoms with E-state index < -0.39 is 5.82 Å². The third-order valence-corrected chi connectivity index (χ3v) is 2.72. The number of hydrogen-bond acceptors (Lipinski definition) is 4. The maximum Gasteiger partial charge on any atom is 0.187 e. The SMILES string of the molecule is CC/C(=N\NC(=S)NCCOC)c1cc(F)ccc1O. The molecule has 20 heavy (non-hydrogen) atoms. The van der Waals surface area contributed by atoms with Crippen LogP contribution in [0.15, 0.2) is 23.3 Å². The predicted octanol–water partition coefficient (Wildman–Crippen LogP) is 1.76. The van der Waals surface area contributed by atoms with Gasteiger partial charge in [0, 0.05) is 19.2 Å². The minimum absolute atomic E-state index is 0.0212. The minimum Gasteiger partial charge on any atom is -0.507 e. The zero-order chi connectivity index (χ0) is 15.0. The second-order valence-corrected chi connectivity index (χ2v) is 4.34. The van der Waals surface area contributed by atoms with Crippen LogP contribution in [0.3, 0.4) is 0 Å². The van der Waals surface area contributed by atoms with Crippen LogP contribution in [0.5, 0.6) is 5.75 Å². The summed E-state index contributed by atoms with van der Waals surface area (Å²) in [4.78, 5) is 0. The average Bonchev–Trinajstić information content (AvgIpc) is 2.43. The number of nitrogens with one attached hydrogen (secondary N) is 2. The Morgan fingerprint density at radius 2 is 2.25 bits per heavy atom. The van der Waals surface area contributed by atoms with Crippen LogP contribution in [0.4, 0.5) is 4.39 Å². The molecule has 0 atom stereocenters. The van der Waals surface area contributed by atoms with Crippen LogP contribution in [0.2, 0.25) is 0 Å². The summed E-state index contributed by atoms with van der Waals surface area (Å²) in [6.07, 6.45) is 0.519. The summed E-state index contributed by atoms with van der Waals surface area (Å²) in [6, 6.07) is 3.72. The zero-order valence-electron chi connectivity index (χ0n) is 11.4. The topological polar surface area (TPSA) is 65.9 Å². The summed E-state index contributed by atoms with van der Waals surface area (Å²) < 4.78 is 18.1. The van der Waals surface area contributed by atoms with Gasteiger partial charge in [-0.25, -0.2) is 4.39 Å². The number of phenolic OH excluding ortho intramolecular Hbond substituents is 1. The summed E-state index contributed by atoms with van der Waals surface area (Å²) >= 11 is 5.02. The molecule has 0 spiro atoms. The summed E-state index contributed by atoms with van der Waals surface area (Å²) in [7, 11) is 1.60. The molecule has 0 unspecified atom stereocenters. The van der Waals surface area contributed by atoms with E-state index in [4.69, 9.17) is 17.0 Å². The maximum atomic E-state index is 13.2. The Hall–Kier alpha value is -1.73. The molecule has 0 radical (unpaired) electrons. The van der Waals surface area contributed by atoms with Crippen LogP contribution in [0.25, 0.3) is 0 Å². The molecule has 0 aliphatic heterocycles. The first-order chi connectivity index (χ1) is 9.58. The highest BCUT2D eigenvalue weighted by molar-refractivity contribution is 7.80. The number of methoxy groups -OCH3 is 1. The van der Waals surface area contributed by atoms with Gasteiger partial charge in [-0.1, -0.05) is 6.92 Å². The molecule has 0 saturated heterocycles. The Balaban J connectivity index is 2.72. The number of phenols is 1. The van der Waals surface area contributed by atoms with Gasteiger partial charge in [-0.05, 0) is 36.8 Å². The van der Waals surface area contributed by atoms with E-state index in [2.05, 4.69) is 15.8 Å². The molecular formula is C13H18FN3O2S. The van der Waals surface area contributed by atoms with E-state index in [0.29, 0.717) is 36.0 Å². The van der Waals surface area contributed by atoms with Gasteiger partial charge in [-0.3, -0.25) is 5.43 Å². The normalized spacial score (nSPS) is 11.2. The zero-order valence-corrected chi connectivity index (χ0v) is 12.3. The molecule has 0 amide bonds. The number of hydrogen-bond donors (Lipinski definition) is 3. The first kappa shape index (κ1) is 16.3. The van der Waals surface area contributed by atoms with Crippen molar-refractivity contribution in [2.45, 2.75) is 13.3 Å².